The molecule has 3 aliphatic rings. The van der Waals surface area contributed by atoms with Crippen LogP contribution in [-0.4, -0.2) is 97.7 Å². The molecule has 2 aromatic carbocycles. The van der Waals surface area contributed by atoms with E-state index in [1.807, 2.05) is 11.8 Å². The highest BCUT2D eigenvalue weighted by Gasteiger charge is 2.49. The minimum absolute atomic E-state index is 0.0338. The molecular formula is C40H37ClF3N9O2. The first-order valence-electron chi connectivity index (χ1n) is 18.2. The Morgan fingerprint density at radius 3 is 2.78 bits per heavy atom. The summed E-state index contributed by atoms with van der Waals surface area (Å²) in [5.41, 5.74) is 0.975. The van der Waals surface area contributed by atoms with Gasteiger partial charge in [0.15, 0.2) is 5.82 Å². The molecule has 3 atom stereocenters. The summed E-state index contributed by atoms with van der Waals surface area (Å²) in [6.07, 6.45) is 5.59. The highest BCUT2D eigenvalue weighted by molar-refractivity contribution is 6.36. The molecule has 0 aliphatic carbocycles. The van der Waals surface area contributed by atoms with Crippen molar-refractivity contribution in [3.8, 4) is 23.3 Å². The maximum atomic E-state index is 17.0. The van der Waals surface area contributed by atoms with Crippen molar-refractivity contribution in [2.45, 2.75) is 57.3 Å². The normalized spacial score (nSPS) is 21.5. The first-order chi connectivity index (χ1) is 26.5. The Bertz CT molecular complexity index is 2390. The fraction of sp³-hybridized carbons (Fsp3) is 0.375. The first kappa shape index (κ1) is 36.6. The Hall–Kier alpha value is -5.39. The van der Waals surface area contributed by atoms with E-state index in [0.717, 1.165) is 25.1 Å². The molecule has 1 amide bonds. The minimum atomic E-state index is -0.972. The van der Waals surface area contributed by atoms with Gasteiger partial charge in [-0.25, -0.2) is 23.1 Å². The quantitative estimate of drug-likeness (QED) is 0.156. The van der Waals surface area contributed by atoms with E-state index in [2.05, 4.69) is 30.9 Å². The van der Waals surface area contributed by atoms with Gasteiger partial charge < -0.3 is 14.5 Å². The van der Waals surface area contributed by atoms with Gasteiger partial charge in [0, 0.05) is 61.5 Å². The van der Waals surface area contributed by atoms with E-state index < -0.39 is 29.4 Å². The number of hydrogen-bond acceptors (Lipinski definition) is 10. The van der Waals surface area contributed by atoms with E-state index in [9.17, 15) is 18.8 Å². The van der Waals surface area contributed by atoms with Gasteiger partial charge in [-0.15, -0.1) is 0 Å². The van der Waals surface area contributed by atoms with Crippen LogP contribution in [0, 0.1) is 36.8 Å². The maximum absolute atomic E-state index is 17.0. The minimum Gasteiger partial charge on any atom is -0.461 e. The van der Waals surface area contributed by atoms with Gasteiger partial charge in [-0.05, 0) is 56.8 Å². The Morgan fingerprint density at radius 1 is 1.11 bits per heavy atom. The molecule has 5 aromatic rings. The van der Waals surface area contributed by atoms with E-state index in [1.54, 1.807) is 48.2 Å². The number of rotatable bonds is 8. The highest BCUT2D eigenvalue weighted by Crippen LogP contribution is 2.42. The first-order valence-corrected chi connectivity index (χ1v) is 18.6. The molecule has 3 aliphatic heterocycles. The molecule has 3 saturated heterocycles. The third-order valence-corrected chi connectivity index (χ3v) is 11.2. The summed E-state index contributed by atoms with van der Waals surface area (Å²) in [5.74, 6) is -0.812. The molecule has 15 heteroatoms. The molecule has 3 aromatic heterocycles. The van der Waals surface area contributed by atoms with Crippen molar-refractivity contribution in [2.24, 2.45) is 0 Å². The highest BCUT2D eigenvalue weighted by atomic mass is 35.5. The van der Waals surface area contributed by atoms with Crippen LogP contribution in [-0.2, 0) is 4.79 Å². The molecule has 0 spiro atoms. The molecule has 0 N–H and O–H groups in total. The van der Waals surface area contributed by atoms with E-state index in [1.165, 1.54) is 18.3 Å². The number of ether oxygens (including phenoxy) is 1. The molecular weight excluding hydrogens is 731 g/mol. The number of carbonyl (C=O) groups is 1. The smallest absolute Gasteiger partial charge is 0.319 e. The molecule has 0 saturated carbocycles. The molecule has 6 heterocycles. The van der Waals surface area contributed by atoms with Crippen molar-refractivity contribution in [3.05, 3.63) is 82.5 Å². The Balaban J connectivity index is 1.17. The standard InChI is InChI=1S/C40H37ClF3N9O2/c1-23-17-27(48-24(2)47-23)8-10-32(54)53-16-15-51(21-28(53)11-13-45)38-30-19-46-36(29-6-3-5-25-7-9-31(43)34(41)33(25)29)35(44)37(30)49-39(50-38)55-22-40-12-4-14-52(40)20-26(42)18-40/h3,5-10,17,19,26,28H,4,11-12,14-16,18,20-22H2,1-2H3/b10-8+/t26-,28+,40+/m1/s1. The van der Waals surface area contributed by atoms with Crippen LogP contribution in [0.3, 0.4) is 0 Å². The maximum Gasteiger partial charge on any atom is 0.319 e. The summed E-state index contributed by atoms with van der Waals surface area (Å²) < 4.78 is 52.5. The van der Waals surface area contributed by atoms with Crippen LogP contribution in [0.2, 0.25) is 5.02 Å². The van der Waals surface area contributed by atoms with E-state index in [0.29, 0.717) is 47.6 Å². The zero-order chi connectivity index (χ0) is 38.4. The number of piperazine rings is 1. The number of anilines is 1. The Labute approximate surface area is 320 Å². The molecule has 55 heavy (non-hydrogen) atoms. The third-order valence-electron chi connectivity index (χ3n) is 10.8. The Kier molecular flexibility index (Phi) is 9.77. The van der Waals surface area contributed by atoms with Gasteiger partial charge in [0.1, 0.15) is 41.4 Å². The van der Waals surface area contributed by atoms with Crippen LogP contribution >= 0.6 is 11.6 Å². The fourth-order valence-corrected chi connectivity index (χ4v) is 8.64. The zero-order valence-corrected chi connectivity index (χ0v) is 31.0. The molecule has 0 bridgehead atoms. The lowest BCUT2D eigenvalue weighted by Crippen LogP contribution is -2.55. The lowest BCUT2D eigenvalue weighted by molar-refractivity contribution is -0.128. The Morgan fingerprint density at radius 2 is 1.96 bits per heavy atom. The van der Waals surface area contributed by atoms with Gasteiger partial charge in [0.25, 0.3) is 0 Å². The summed E-state index contributed by atoms with van der Waals surface area (Å²) in [6, 6.07) is 11.3. The van der Waals surface area contributed by atoms with E-state index in [4.69, 9.17) is 21.3 Å². The van der Waals surface area contributed by atoms with Crippen LogP contribution in [0.1, 0.15) is 42.9 Å². The number of aromatic nitrogens is 5. The number of benzene rings is 2. The third kappa shape index (κ3) is 6.91. The molecule has 11 nitrogen and oxygen atoms in total. The molecule has 0 unspecified atom stereocenters. The van der Waals surface area contributed by atoms with Crippen LogP contribution in [0.15, 0.2) is 48.7 Å². The number of hydrogen-bond donors (Lipinski definition) is 0. The molecule has 0 radical (unpaired) electrons. The average Bonchev–Trinajstić information content (AvgIpc) is 3.69. The summed E-state index contributed by atoms with van der Waals surface area (Å²) in [6.45, 7) is 5.58. The predicted octanol–water partition coefficient (Wildman–Crippen LogP) is 6.78. The SMILES string of the molecule is Cc1cc(/C=C/C(=O)N2CCN(c3nc(OC[C@@]45CCCN4C[C@H](F)C5)nc4c(F)c(-c5cccc6ccc(F)c(Cl)c56)ncc34)C[C@@H]2CC#N)nc(C)n1. The van der Waals surface area contributed by atoms with Crippen LogP contribution in [0.4, 0.5) is 19.0 Å². The second-order valence-corrected chi connectivity index (χ2v) is 14.8. The topological polar surface area (TPSA) is 124 Å². The van der Waals surface area contributed by atoms with Crippen molar-refractivity contribution >= 4 is 51.1 Å². The number of amides is 1. The summed E-state index contributed by atoms with van der Waals surface area (Å²) >= 11 is 6.43. The zero-order valence-electron chi connectivity index (χ0n) is 30.3. The predicted molar refractivity (Wildman–Crippen MR) is 202 cm³/mol. The number of nitriles is 1. The van der Waals surface area contributed by atoms with Crippen LogP contribution in [0.5, 0.6) is 6.01 Å². The summed E-state index contributed by atoms with van der Waals surface area (Å²) in [5, 5.41) is 10.8. The lowest BCUT2D eigenvalue weighted by Gasteiger charge is -2.41. The molecule has 3 fully saturated rings. The number of alkyl halides is 1. The number of fused-ring (bicyclic) bond motifs is 3. The largest absolute Gasteiger partial charge is 0.461 e. The molecule has 282 valence electrons. The number of halogens is 4. The van der Waals surface area contributed by atoms with Crippen molar-refractivity contribution in [2.75, 3.05) is 44.2 Å². The summed E-state index contributed by atoms with van der Waals surface area (Å²) in [7, 11) is 0. The van der Waals surface area contributed by atoms with Crippen molar-refractivity contribution < 1.29 is 22.7 Å². The number of aryl methyl sites for hydroxylation is 2. The number of nitrogens with zero attached hydrogens (tertiary/aromatic N) is 9. The second kappa shape index (κ2) is 14.7. The van der Waals surface area contributed by atoms with E-state index in [-0.39, 0.29) is 65.2 Å². The van der Waals surface area contributed by atoms with Crippen molar-refractivity contribution in [3.63, 3.8) is 0 Å². The van der Waals surface area contributed by atoms with Gasteiger partial charge in [-0.2, -0.15) is 15.2 Å². The summed E-state index contributed by atoms with van der Waals surface area (Å²) in [4.78, 5) is 41.7. The molecule has 8 rings (SSSR count). The van der Waals surface area contributed by atoms with Gasteiger partial charge >= 0.3 is 6.01 Å². The van der Waals surface area contributed by atoms with Gasteiger partial charge in [0.05, 0.1) is 40.2 Å². The van der Waals surface area contributed by atoms with Gasteiger partial charge in [0.2, 0.25) is 5.91 Å². The number of pyridine rings is 1. The van der Waals surface area contributed by atoms with Crippen molar-refractivity contribution in [1.82, 2.24) is 34.7 Å². The monoisotopic (exact) mass is 767 g/mol. The second-order valence-electron chi connectivity index (χ2n) is 14.5. The van der Waals surface area contributed by atoms with Crippen molar-refractivity contribution in [1.29, 1.82) is 5.26 Å². The fourth-order valence-electron chi connectivity index (χ4n) is 8.37. The van der Waals surface area contributed by atoms with Gasteiger partial charge in [-0.1, -0.05) is 35.9 Å². The average molecular weight is 768 g/mol. The van der Waals surface area contributed by atoms with Crippen LogP contribution < -0.4 is 9.64 Å². The number of carbonyl (C=O) groups excluding carboxylic acids is 1. The van der Waals surface area contributed by atoms with Crippen LogP contribution in [0.25, 0.3) is 39.0 Å². The van der Waals surface area contributed by atoms with Gasteiger partial charge in [-0.3, -0.25) is 14.7 Å². The van der Waals surface area contributed by atoms with E-state index >= 15 is 4.39 Å². The lowest BCUT2D eigenvalue weighted by atomic mass is 9.95.